The SMILES string of the molecule is COc1ccc(/C=C2\SC(=O)N(CC(=O)NCCO)C2=O)cc1. The summed E-state index contributed by atoms with van der Waals surface area (Å²) in [6, 6.07) is 7.03. The van der Waals surface area contributed by atoms with Crippen molar-refractivity contribution in [3.8, 4) is 5.75 Å². The summed E-state index contributed by atoms with van der Waals surface area (Å²) in [5, 5.41) is 10.5. The number of nitrogens with zero attached hydrogens (tertiary/aromatic N) is 1. The van der Waals surface area contributed by atoms with Crippen molar-refractivity contribution in [2.24, 2.45) is 0 Å². The molecule has 1 aromatic carbocycles. The summed E-state index contributed by atoms with van der Waals surface area (Å²) in [6.45, 7) is -0.480. The van der Waals surface area contributed by atoms with Crippen molar-refractivity contribution in [3.05, 3.63) is 34.7 Å². The Kier molecular flexibility index (Phi) is 5.78. The Hall–Kier alpha value is -2.32. The van der Waals surface area contributed by atoms with Crippen LogP contribution in [0.3, 0.4) is 0 Å². The average molecular weight is 336 g/mol. The highest BCUT2D eigenvalue weighted by Crippen LogP contribution is 2.32. The first-order valence-corrected chi connectivity index (χ1v) is 7.63. The van der Waals surface area contributed by atoms with Crippen molar-refractivity contribution in [2.75, 3.05) is 26.8 Å². The molecule has 0 bridgehead atoms. The zero-order valence-corrected chi connectivity index (χ0v) is 13.3. The highest BCUT2D eigenvalue weighted by atomic mass is 32.2. The molecule has 0 unspecified atom stereocenters. The maximum Gasteiger partial charge on any atom is 0.294 e. The van der Waals surface area contributed by atoms with Gasteiger partial charge in [0, 0.05) is 6.54 Å². The number of amides is 3. The van der Waals surface area contributed by atoms with Gasteiger partial charge in [0.25, 0.3) is 11.1 Å². The Morgan fingerprint density at radius 2 is 2.04 bits per heavy atom. The summed E-state index contributed by atoms with van der Waals surface area (Å²) >= 11 is 0.790. The molecule has 0 aliphatic carbocycles. The number of hydrogen-bond acceptors (Lipinski definition) is 6. The molecule has 3 amide bonds. The Bertz CT molecular complexity index is 642. The van der Waals surface area contributed by atoms with E-state index in [-0.39, 0.29) is 24.6 Å². The molecule has 1 fully saturated rings. The summed E-state index contributed by atoms with van der Waals surface area (Å²) in [6.07, 6.45) is 1.59. The van der Waals surface area contributed by atoms with Crippen LogP contribution >= 0.6 is 11.8 Å². The van der Waals surface area contributed by atoms with Crippen molar-refractivity contribution in [3.63, 3.8) is 0 Å². The lowest BCUT2D eigenvalue weighted by atomic mass is 10.2. The zero-order valence-electron chi connectivity index (χ0n) is 12.4. The van der Waals surface area contributed by atoms with Crippen LogP contribution in [0.15, 0.2) is 29.2 Å². The molecule has 1 aromatic rings. The molecule has 23 heavy (non-hydrogen) atoms. The number of methoxy groups -OCH3 is 1. The second kappa shape index (κ2) is 7.80. The van der Waals surface area contributed by atoms with Crippen LogP contribution in [-0.4, -0.2) is 53.9 Å². The van der Waals surface area contributed by atoms with E-state index in [1.165, 1.54) is 0 Å². The van der Waals surface area contributed by atoms with Crippen LogP contribution < -0.4 is 10.1 Å². The Balaban J connectivity index is 2.07. The first-order chi connectivity index (χ1) is 11.0. The van der Waals surface area contributed by atoms with Crippen LogP contribution in [0.1, 0.15) is 5.56 Å². The van der Waals surface area contributed by atoms with E-state index in [0.717, 1.165) is 22.2 Å². The smallest absolute Gasteiger partial charge is 0.294 e. The zero-order chi connectivity index (χ0) is 16.8. The predicted octanol–water partition coefficient (Wildman–Crippen LogP) is 0.840. The van der Waals surface area contributed by atoms with E-state index in [1.807, 2.05) is 0 Å². The van der Waals surface area contributed by atoms with Crippen molar-refractivity contribution in [1.29, 1.82) is 0 Å². The third-order valence-corrected chi connectivity index (χ3v) is 3.93. The normalized spacial score (nSPS) is 16.1. The Morgan fingerprint density at radius 1 is 1.35 bits per heavy atom. The van der Waals surface area contributed by atoms with Crippen LogP contribution in [0, 0.1) is 0 Å². The number of thioether (sulfide) groups is 1. The van der Waals surface area contributed by atoms with E-state index in [9.17, 15) is 14.4 Å². The number of ether oxygens (including phenoxy) is 1. The molecule has 1 aliphatic heterocycles. The number of rotatable bonds is 6. The maximum atomic E-state index is 12.2. The fourth-order valence-electron chi connectivity index (χ4n) is 1.88. The lowest BCUT2D eigenvalue weighted by Crippen LogP contribution is -2.40. The van der Waals surface area contributed by atoms with Gasteiger partial charge in [-0.25, -0.2) is 0 Å². The molecule has 122 valence electrons. The molecule has 8 heteroatoms. The molecule has 0 saturated carbocycles. The van der Waals surface area contributed by atoms with Gasteiger partial charge in [0.15, 0.2) is 0 Å². The molecule has 1 heterocycles. The number of carbonyl (C=O) groups excluding carboxylic acids is 3. The number of benzene rings is 1. The van der Waals surface area contributed by atoms with E-state index < -0.39 is 17.1 Å². The second-order valence-electron chi connectivity index (χ2n) is 4.61. The summed E-state index contributed by atoms with van der Waals surface area (Å²) < 4.78 is 5.05. The largest absolute Gasteiger partial charge is 0.497 e. The highest BCUT2D eigenvalue weighted by Gasteiger charge is 2.36. The number of carbonyl (C=O) groups is 3. The maximum absolute atomic E-state index is 12.2. The fourth-order valence-corrected chi connectivity index (χ4v) is 2.72. The monoisotopic (exact) mass is 336 g/mol. The van der Waals surface area contributed by atoms with E-state index in [2.05, 4.69) is 5.32 Å². The van der Waals surface area contributed by atoms with Gasteiger partial charge in [-0.3, -0.25) is 19.3 Å². The van der Waals surface area contributed by atoms with Crippen LogP contribution in [-0.2, 0) is 9.59 Å². The van der Waals surface area contributed by atoms with Crippen LogP contribution in [0.2, 0.25) is 0 Å². The molecule has 2 N–H and O–H groups in total. The molecule has 7 nitrogen and oxygen atoms in total. The third kappa shape index (κ3) is 4.33. The van der Waals surface area contributed by atoms with Gasteiger partial charge in [0.2, 0.25) is 5.91 Å². The molecule has 0 aromatic heterocycles. The van der Waals surface area contributed by atoms with Crippen molar-refractivity contribution >= 4 is 34.9 Å². The minimum absolute atomic E-state index is 0.0801. The quantitative estimate of drug-likeness (QED) is 0.748. The Morgan fingerprint density at radius 3 is 2.65 bits per heavy atom. The van der Waals surface area contributed by atoms with Gasteiger partial charge in [-0.05, 0) is 35.5 Å². The van der Waals surface area contributed by atoms with E-state index >= 15 is 0 Å². The van der Waals surface area contributed by atoms with E-state index in [1.54, 1.807) is 37.5 Å². The summed E-state index contributed by atoms with van der Waals surface area (Å²) in [7, 11) is 1.56. The first kappa shape index (κ1) is 17.0. The van der Waals surface area contributed by atoms with Gasteiger partial charge in [-0.15, -0.1) is 0 Å². The lowest BCUT2D eigenvalue weighted by molar-refractivity contribution is -0.129. The van der Waals surface area contributed by atoms with Gasteiger partial charge >= 0.3 is 0 Å². The number of aliphatic hydroxyl groups is 1. The van der Waals surface area contributed by atoms with Gasteiger partial charge in [0.05, 0.1) is 18.6 Å². The van der Waals surface area contributed by atoms with Gasteiger partial charge in [-0.1, -0.05) is 12.1 Å². The fraction of sp³-hybridized carbons (Fsp3) is 0.267. The molecular weight excluding hydrogens is 320 g/mol. The highest BCUT2D eigenvalue weighted by molar-refractivity contribution is 8.18. The average Bonchev–Trinajstić information content (AvgIpc) is 2.81. The second-order valence-corrected chi connectivity index (χ2v) is 5.61. The molecule has 0 spiro atoms. The minimum Gasteiger partial charge on any atom is -0.497 e. The number of imide groups is 1. The van der Waals surface area contributed by atoms with Gasteiger partial charge in [0.1, 0.15) is 12.3 Å². The molecule has 0 atom stereocenters. The van der Waals surface area contributed by atoms with E-state index in [0.29, 0.717) is 5.75 Å². The summed E-state index contributed by atoms with van der Waals surface area (Å²) in [4.78, 5) is 36.8. The summed E-state index contributed by atoms with van der Waals surface area (Å²) in [5.41, 5.74) is 0.751. The molecule has 1 saturated heterocycles. The van der Waals surface area contributed by atoms with Gasteiger partial charge in [-0.2, -0.15) is 0 Å². The first-order valence-electron chi connectivity index (χ1n) is 6.82. The molecule has 2 rings (SSSR count). The molecular formula is C15H16N2O5S. The number of hydrogen-bond donors (Lipinski definition) is 2. The number of aliphatic hydroxyl groups excluding tert-OH is 1. The van der Waals surface area contributed by atoms with Crippen LogP contribution in [0.5, 0.6) is 5.75 Å². The molecule has 0 radical (unpaired) electrons. The van der Waals surface area contributed by atoms with Crippen LogP contribution in [0.4, 0.5) is 4.79 Å². The summed E-state index contributed by atoms with van der Waals surface area (Å²) in [5.74, 6) is -0.308. The standard InChI is InChI=1S/C15H16N2O5S/c1-22-11-4-2-10(3-5-11)8-12-14(20)17(15(21)23-12)9-13(19)16-6-7-18/h2-5,8,18H,6-7,9H2,1H3,(H,16,19)/b12-8-. The van der Waals surface area contributed by atoms with E-state index in [4.69, 9.17) is 9.84 Å². The van der Waals surface area contributed by atoms with Crippen molar-refractivity contribution in [2.45, 2.75) is 0 Å². The third-order valence-electron chi connectivity index (χ3n) is 3.02. The lowest BCUT2D eigenvalue weighted by Gasteiger charge is -2.11. The Labute approximate surface area is 137 Å². The minimum atomic E-state index is -0.505. The number of nitrogens with one attached hydrogen (secondary N) is 1. The molecule has 1 aliphatic rings. The van der Waals surface area contributed by atoms with Crippen LogP contribution in [0.25, 0.3) is 6.08 Å². The van der Waals surface area contributed by atoms with Crippen molar-refractivity contribution in [1.82, 2.24) is 10.2 Å². The predicted molar refractivity (Wildman–Crippen MR) is 85.8 cm³/mol. The van der Waals surface area contributed by atoms with Crippen molar-refractivity contribution < 1.29 is 24.2 Å². The van der Waals surface area contributed by atoms with Gasteiger partial charge < -0.3 is 15.2 Å². The topological polar surface area (TPSA) is 95.9 Å².